The highest BCUT2D eigenvalue weighted by Gasteiger charge is 2.59. The van der Waals surface area contributed by atoms with Gasteiger partial charge < -0.3 is 15.3 Å². The lowest BCUT2D eigenvalue weighted by atomic mass is 9.84. The van der Waals surface area contributed by atoms with E-state index < -0.39 is 45.6 Å². The second-order valence-corrected chi connectivity index (χ2v) is 8.31. The van der Waals surface area contributed by atoms with Crippen LogP contribution in [0.5, 0.6) is 0 Å². The van der Waals surface area contributed by atoms with Crippen molar-refractivity contribution >= 4 is 39.9 Å². The van der Waals surface area contributed by atoms with Crippen molar-refractivity contribution in [2.75, 3.05) is 18.4 Å². The highest BCUT2D eigenvalue weighted by Crippen LogP contribution is 2.33. The smallest absolute Gasteiger partial charge is 0.288 e. The van der Waals surface area contributed by atoms with E-state index in [9.17, 15) is 28.1 Å². The first-order chi connectivity index (χ1) is 14.1. The lowest BCUT2D eigenvalue weighted by Gasteiger charge is -2.43. The van der Waals surface area contributed by atoms with Crippen molar-refractivity contribution in [2.24, 2.45) is 0 Å². The minimum atomic E-state index is -1.46. The molecule has 0 aliphatic carbocycles. The monoisotopic (exact) mass is 536 g/mol. The predicted molar refractivity (Wildman–Crippen MR) is 112 cm³/mol. The fourth-order valence-corrected chi connectivity index (χ4v) is 3.93. The Bertz CT molecular complexity index is 1010. The SMILES string of the molecule is CCC([N+](=O)[O-])C1([OH2+])CN(C(=O)c2ccc(F)c(F)c2Nc2ccc(I)cc2F)C1. The Balaban J connectivity index is 1.89. The van der Waals surface area contributed by atoms with Gasteiger partial charge in [-0.05, 0) is 52.9 Å². The van der Waals surface area contributed by atoms with Crippen LogP contribution in [0.15, 0.2) is 30.3 Å². The summed E-state index contributed by atoms with van der Waals surface area (Å²) in [6, 6.07) is 4.76. The topological polar surface area (TPSA) is 98.4 Å². The summed E-state index contributed by atoms with van der Waals surface area (Å²) in [5, 5.41) is 21.9. The number of halogens is 4. The van der Waals surface area contributed by atoms with Crippen molar-refractivity contribution in [3.05, 3.63) is 67.0 Å². The molecule has 1 heterocycles. The average molecular weight is 536 g/mol. The summed E-state index contributed by atoms with van der Waals surface area (Å²) in [6.45, 7) is 1.14. The molecule has 1 aliphatic heterocycles. The first-order valence-electron chi connectivity index (χ1n) is 8.95. The van der Waals surface area contributed by atoms with E-state index in [1.165, 1.54) is 12.1 Å². The highest BCUT2D eigenvalue weighted by atomic mass is 127. The Morgan fingerprint density at radius 2 is 1.97 bits per heavy atom. The number of rotatable bonds is 6. The highest BCUT2D eigenvalue weighted by molar-refractivity contribution is 14.1. The molecule has 3 N–H and O–H groups in total. The molecule has 0 aromatic heterocycles. The maximum atomic E-state index is 14.5. The Labute approximate surface area is 183 Å². The minimum absolute atomic E-state index is 0.128. The Morgan fingerprint density at radius 1 is 1.30 bits per heavy atom. The molecule has 0 bridgehead atoms. The van der Waals surface area contributed by atoms with Crippen LogP contribution in [0.4, 0.5) is 24.5 Å². The number of benzene rings is 2. The number of amides is 1. The summed E-state index contributed by atoms with van der Waals surface area (Å²) < 4.78 is 43.1. The van der Waals surface area contributed by atoms with E-state index in [-0.39, 0.29) is 30.8 Å². The first-order valence-corrected chi connectivity index (χ1v) is 10.0. The average Bonchev–Trinajstić information content (AvgIpc) is 2.65. The van der Waals surface area contributed by atoms with Gasteiger partial charge in [-0.2, -0.15) is 0 Å². The molecule has 30 heavy (non-hydrogen) atoms. The summed E-state index contributed by atoms with van der Waals surface area (Å²) in [4.78, 5) is 24.6. The molecule has 0 radical (unpaired) electrons. The van der Waals surface area contributed by atoms with Gasteiger partial charge in [0.2, 0.25) is 0 Å². The molecular weight excluding hydrogens is 518 g/mol. The molecule has 1 amide bonds. The third kappa shape index (κ3) is 4.08. The summed E-state index contributed by atoms with van der Waals surface area (Å²) in [6.07, 6.45) is 0.128. The zero-order chi connectivity index (χ0) is 22.2. The van der Waals surface area contributed by atoms with Crippen molar-refractivity contribution in [3.63, 3.8) is 0 Å². The van der Waals surface area contributed by atoms with Gasteiger partial charge in [0.15, 0.2) is 11.6 Å². The Morgan fingerprint density at radius 3 is 2.53 bits per heavy atom. The number of nitrogens with zero attached hydrogens (tertiary/aromatic N) is 2. The zero-order valence-electron chi connectivity index (χ0n) is 15.7. The van der Waals surface area contributed by atoms with E-state index in [1.807, 2.05) is 22.6 Å². The van der Waals surface area contributed by atoms with Crippen molar-refractivity contribution in [1.29, 1.82) is 0 Å². The van der Waals surface area contributed by atoms with Gasteiger partial charge in [-0.25, -0.2) is 13.2 Å². The van der Waals surface area contributed by atoms with Crippen molar-refractivity contribution in [1.82, 2.24) is 4.90 Å². The largest absolute Gasteiger partial charge is 0.433 e. The third-order valence-corrected chi connectivity index (χ3v) is 5.70. The van der Waals surface area contributed by atoms with Crippen LogP contribution in [0.1, 0.15) is 23.7 Å². The summed E-state index contributed by atoms with van der Waals surface area (Å²) in [7, 11) is 0. The molecule has 1 saturated heterocycles. The van der Waals surface area contributed by atoms with Crippen LogP contribution in [-0.2, 0) is 0 Å². The molecule has 2 aromatic rings. The fourth-order valence-electron chi connectivity index (χ4n) is 3.48. The van der Waals surface area contributed by atoms with Crippen molar-refractivity contribution in [3.8, 4) is 0 Å². The second kappa shape index (κ2) is 8.38. The maximum absolute atomic E-state index is 14.5. The molecule has 3 rings (SSSR count). The van der Waals surface area contributed by atoms with Crippen LogP contribution in [0.25, 0.3) is 0 Å². The number of nitro groups is 1. The van der Waals surface area contributed by atoms with Crippen LogP contribution in [0.3, 0.4) is 0 Å². The summed E-state index contributed by atoms with van der Waals surface area (Å²) >= 11 is 1.89. The van der Waals surface area contributed by atoms with Gasteiger partial charge in [-0.15, -0.1) is 0 Å². The van der Waals surface area contributed by atoms with Crippen molar-refractivity contribution in [2.45, 2.75) is 25.0 Å². The van der Waals surface area contributed by atoms with Crippen molar-refractivity contribution < 1.29 is 28.0 Å². The quantitative estimate of drug-likeness (QED) is 0.265. The normalized spacial score (nSPS) is 16.0. The number of carbonyl (C=O) groups is 1. The molecule has 11 heteroatoms. The van der Waals surface area contributed by atoms with Crippen LogP contribution >= 0.6 is 22.6 Å². The van der Waals surface area contributed by atoms with Gasteiger partial charge in [0.1, 0.15) is 18.9 Å². The Kier molecular flexibility index (Phi) is 6.22. The zero-order valence-corrected chi connectivity index (χ0v) is 17.9. The molecule has 0 saturated carbocycles. The minimum Gasteiger partial charge on any atom is -0.433 e. The lowest BCUT2D eigenvalue weighted by molar-refractivity contribution is -0.550. The van der Waals surface area contributed by atoms with Gasteiger partial charge in [-0.1, -0.05) is 6.92 Å². The lowest BCUT2D eigenvalue weighted by Crippen LogP contribution is -2.70. The van der Waals surface area contributed by atoms with E-state index in [4.69, 9.17) is 5.11 Å². The Hall–Kier alpha value is -2.41. The van der Waals surface area contributed by atoms with Crippen LogP contribution in [0, 0.1) is 31.1 Å². The first kappa shape index (κ1) is 22.3. The predicted octanol–water partition coefficient (Wildman–Crippen LogP) is 3.43. The number of nitrogens with one attached hydrogen (secondary N) is 1. The molecular formula is C19H18F3IN3O4+. The number of likely N-dealkylation sites (tertiary alicyclic amines) is 1. The van der Waals surface area contributed by atoms with Crippen LogP contribution in [-0.4, -0.2) is 45.6 Å². The van der Waals surface area contributed by atoms with E-state index in [0.29, 0.717) is 3.57 Å². The molecule has 1 aliphatic rings. The van der Waals surface area contributed by atoms with Gasteiger partial charge in [0, 0.05) is 14.9 Å². The van der Waals surface area contributed by atoms with E-state index in [0.717, 1.165) is 17.0 Å². The number of anilines is 2. The summed E-state index contributed by atoms with van der Waals surface area (Å²) in [5.74, 6) is -4.02. The molecule has 1 unspecified atom stereocenters. The van der Waals surface area contributed by atoms with Crippen LogP contribution in [0.2, 0.25) is 0 Å². The molecule has 160 valence electrons. The fraction of sp³-hybridized carbons (Fsp3) is 0.316. The van der Waals surface area contributed by atoms with Gasteiger partial charge in [-0.3, -0.25) is 14.9 Å². The number of carbonyl (C=O) groups excluding carboxylic acids is 1. The van der Waals surface area contributed by atoms with E-state index in [1.54, 1.807) is 13.0 Å². The maximum Gasteiger partial charge on any atom is 0.288 e. The number of hydrogen-bond acceptors (Lipinski definition) is 4. The van der Waals surface area contributed by atoms with Gasteiger partial charge in [0.25, 0.3) is 17.6 Å². The second-order valence-electron chi connectivity index (χ2n) is 7.06. The van der Waals surface area contributed by atoms with Gasteiger partial charge >= 0.3 is 0 Å². The third-order valence-electron chi connectivity index (χ3n) is 5.03. The molecule has 0 spiro atoms. The van der Waals surface area contributed by atoms with Gasteiger partial charge in [0.05, 0.1) is 16.9 Å². The van der Waals surface area contributed by atoms with E-state index in [2.05, 4.69) is 5.32 Å². The molecule has 1 atom stereocenters. The number of hydrogen-bond donors (Lipinski definition) is 1. The molecule has 1 fully saturated rings. The molecule has 2 aromatic carbocycles. The van der Waals surface area contributed by atoms with Crippen LogP contribution < -0.4 is 5.32 Å². The summed E-state index contributed by atoms with van der Waals surface area (Å²) in [5.41, 5.74) is -2.40. The van der Waals surface area contributed by atoms with E-state index >= 15 is 0 Å². The standard InChI is InChI=1S/C19H17F3IN3O4/c1-2-15(26(29)30)19(28)8-25(9-19)18(27)11-4-5-12(20)16(22)17(11)24-14-6-3-10(23)7-13(14)21/h3-7,15,24,28H,2,8-9H2,1H3/p+1. The molecule has 7 nitrogen and oxygen atoms in total.